The van der Waals surface area contributed by atoms with Gasteiger partial charge in [-0.1, -0.05) is 6.92 Å². The number of amides is 1. The van der Waals surface area contributed by atoms with Gasteiger partial charge in [0.25, 0.3) is 0 Å². The van der Waals surface area contributed by atoms with Gasteiger partial charge in [-0.25, -0.2) is 0 Å². The van der Waals surface area contributed by atoms with Gasteiger partial charge in [-0.2, -0.15) is 0 Å². The summed E-state index contributed by atoms with van der Waals surface area (Å²) < 4.78 is 5.27. The Kier molecular flexibility index (Phi) is 7.17. The minimum absolute atomic E-state index is 0.120. The summed E-state index contributed by atoms with van der Waals surface area (Å²) in [5.74, 6) is 0.774. The van der Waals surface area contributed by atoms with Gasteiger partial charge in [-0.05, 0) is 38.3 Å². The lowest BCUT2D eigenvalue weighted by Gasteiger charge is -2.22. The third kappa shape index (κ3) is 6.08. The zero-order valence-corrected chi connectivity index (χ0v) is 10.3. The number of hydrogen-bond donors (Lipinski definition) is 2. The summed E-state index contributed by atoms with van der Waals surface area (Å²) in [7, 11) is 0. The molecule has 0 radical (unpaired) electrons. The van der Waals surface area contributed by atoms with Crippen LogP contribution in [0.15, 0.2) is 0 Å². The molecule has 0 unspecified atom stereocenters. The highest BCUT2D eigenvalue weighted by Gasteiger charge is 2.13. The number of rotatable bonds is 7. The van der Waals surface area contributed by atoms with E-state index in [1.54, 1.807) is 0 Å². The van der Waals surface area contributed by atoms with Crippen molar-refractivity contribution in [3.8, 4) is 0 Å². The van der Waals surface area contributed by atoms with Crippen molar-refractivity contribution in [2.45, 2.75) is 32.6 Å². The van der Waals surface area contributed by atoms with Crippen molar-refractivity contribution in [3.63, 3.8) is 0 Å². The highest BCUT2D eigenvalue weighted by Crippen LogP contribution is 2.09. The van der Waals surface area contributed by atoms with Crippen LogP contribution in [-0.4, -0.2) is 38.8 Å². The van der Waals surface area contributed by atoms with Crippen LogP contribution in [0.2, 0.25) is 0 Å². The first-order valence-corrected chi connectivity index (χ1v) is 6.38. The van der Waals surface area contributed by atoms with Crippen molar-refractivity contribution in [3.05, 3.63) is 0 Å². The van der Waals surface area contributed by atoms with Crippen LogP contribution in [0.5, 0.6) is 0 Å². The summed E-state index contributed by atoms with van der Waals surface area (Å²) in [5, 5.41) is 6.30. The largest absolute Gasteiger partial charge is 0.381 e. The molecule has 1 fully saturated rings. The van der Waals surface area contributed by atoms with Gasteiger partial charge in [0.05, 0.1) is 6.61 Å². The SMILES string of the molecule is CCCOCCC(=O)NCC1CCNCC1. The molecule has 94 valence electrons. The molecule has 16 heavy (non-hydrogen) atoms. The topological polar surface area (TPSA) is 50.4 Å². The van der Waals surface area contributed by atoms with Crippen molar-refractivity contribution in [1.82, 2.24) is 10.6 Å². The van der Waals surface area contributed by atoms with Gasteiger partial charge in [-0.15, -0.1) is 0 Å². The van der Waals surface area contributed by atoms with Gasteiger partial charge in [0.2, 0.25) is 5.91 Å². The molecule has 1 saturated heterocycles. The Hall–Kier alpha value is -0.610. The molecule has 0 aliphatic carbocycles. The lowest BCUT2D eigenvalue weighted by molar-refractivity contribution is -0.122. The smallest absolute Gasteiger partial charge is 0.222 e. The van der Waals surface area contributed by atoms with E-state index >= 15 is 0 Å². The van der Waals surface area contributed by atoms with Crippen LogP contribution in [0, 0.1) is 5.92 Å². The van der Waals surface area contributed by atoms with Crippen molar-refractivity contribution < 1.29 is 9.53 Å². The van der Waals surface area contributed by atoms with Gasteiger partial charge in [0.15, 0.2) is 0 Å². The van der Waals surface area contributed by atoms with Gasteiger partial charge in [-0.3, -0.25) is 4.79 Å². The Balaban J connectivity index is 1.96. The summed E-state index contributed by atoms with van der Waals surface area (Å²) in [6.45, 7) is 6.36. The molecular formula is C12H24N2O2. The Morgan fingerprint density at radius 3 is 2.81 bits per heavy atom. The van der Waals surface area contributed by atoms with E-state index in [1.165, 1.54) is 12.8 Å². The monoisotopic (exact) mass is 228 g/mol. The van der Waals surface area contributed by atoms with Crippen LogP contribution in [0.3, 0.4) is 0 Å². The highest BCUT2D eigenvalue weighted by atomic mass is 16.5. The van der Waals surface area contributed by atoms with Crippen molar-refractivity contribution >= 4 is 5.91 Å². The standard InChI is InChI=1S/C12H24N2O2/c1-2-8-16-9-5-12(15)14-10-11-3-6-13-7-4-11/h11,13H,2-10H2,1H3,(H,14,15). The normalized spacial score (nSPS) is 17.3. The predicted octanol–water partition coefficient (Wildman–Crippen LogP) is 0.919. The van der Waals surface area contributed by atoms with E-state index in [-0.39, 0.29) is 5.91 Å². The first-order chi connectivity index (χ1) is 7.83. The van der Waals surface area contributed by atoms with Crippen molar-refractivity contribution in [1.29, 1.82) is 0 Å². The molecule has 1 heterocycles. The van der Waals surface area contributed by atoms with Gasteiger partial charge < -0.3 is 15.4 Å². The summed E-state index contributed by atoms with van der Waals surface area (Å²) in [6, 6.07) is 0. The number of hydrogen-bond acceptors (Lipinski definition) is 3. The second-order valence-corrected chi connectivity index (χ2v) is 4.36. The lowest BCUT2D eigenvalue weighted by Crippen LogP contribution is -2.36. The second-order valence-electron chi connectivity index (χ2n) is 4.36. The quantitative estimate of drug-likeness (QED) is 0.637. The maximum absolute atomic E-state index is 11.4. The highest BCUT2D eigenvalue weighted by molar-refractivity contribution is 5.75. The van der Waals surface area contributed by atoms with E-state index in [9.17, 15) is 4.79 Å². The van der Waals surface area contributed by atoms with Crippen LogP contribution in [0.25, 0.3) is 0 Å². The third-order valence-corrected chi connectivity index (χ3v) is 2.87. The Bertz CT molecular complexity index is 191. The zero-order chi connectivity index (χ0) is 11.6. The Morgan fingerprint density at radius 1 is 1.38 bits per heavy atom. The van der Waals surface area contributed by atoms with Crippen LogP contribution in [-0.2, 0) is 9.53 Å². The molecule has 0 atom stereocenters. The molecule has 0 spiro atoms. The van der Waals surface area contributed by atoms with E-state index in [0.29, 0.717) is 18.9 Å². The van der Waals surface area contributed by atoms with E-state index in [2.05, 4.69) is 17.6 Å². The summed E-state index contributed by atoms with van der Waals surface area (Å²) >= 11 is 0. The van der Waals surface area contributed by atoms with Gasteiger partial charge in [0, 0.05) is 19.6 Å². The van der Waals surface area contributed by atoms with Crippen LogP contribution >= 0.6 is 0 Å². The summed E-state index contributed by atoms with van der Waals surface area (Å²) in [5.41, 5.74) is 0. The maximum atomic E-state index is 11.4. The third-order valence-electron chi connectivity index (χ3n) is 2.87. The van der Waals surface area contributed by atoms with Crippen molar-refractivity contribution in [2.24, 2.45) is 5.92 Å². The Labute approximate surface area is 98.1 Å². The van der Waals surface area contributed by atoms with E-state index in [1.807, 2.05) is 0 Å². The van der Waals surface area contributed by atoms with Crippen molar-refractivity contribution in [2.75, 3.05) is 32.8 Å². The first kappa shape index (κ1) is 13.5. The molecule has 1 aliphatic heterocycles. The van der Waals surface area contributed by atoms with Crippen LogP contribution < -0.4 is 10.6 Å². The molecule has 0 bridgehead atoms. The fourth-order valence-electron chi connectivity index (χ4n) is 1.84. The molecule has 1 amide bonds. The fourth-order valence-corrected chi connectivity index (χ4v) is 1.84. The summed E-state index contributed by atoms with van der Waals surface area (Å²) in [4.78, 5) is 11.4. The number of nitrogens with one attached hydrogen (secondary N) is 2. The number of piperidine rings is 1. The van der Waals surface area contributed by atoms with Gasteiger partial charge >= 0.3 is 0 Å². The van der Waals surface area contributed by atoms with Crippen LogP contribution in [0.1, 0.15) is 32.6 Å². The predicted molar refractivity (Wildman–Crippen MR) is 64.3 cm³/mol. The second kappa shape index (κ2) is 8.53. The molecule has 0 aromatic carbocycles. The van der Waals surface area contributed by atoms with Gasteiger partial charge in [0.1, 0.15) is 0 Å². The van der Waals surface area contributed by atoms with E-state index in [0.717, 1.165) is 32.7 Å². The average Bonchev–Trinajstić information content (AvgIpc) is 2.33. The molecule has 4 nitrogen and oxygen atoms in total. The molecule has 0 aromatic rings. The number of carbonyl (C=O) groups is 1. The molecular weight excluding hydrogens is 204 g/mol. The molecule has 1 aliphatic rings. The maximum Gasteiger partial charge on any atom is 0.222 e. The zero-order valence-electron chi connectivity index (χ0n) is 10.3. The fraction of sp³-hybridized carbons (Fsp3) is 0.917. The molecule has 4 heteroatoms. The minimum Gasteiger partial charge on any atom is -0.381 e. The lowest BCUT2D eigenvalue weighted by atomic mass is 9.98. The molecule has 2 N–H and O–H groups in total. The first-order valence-electron chi connectivity index (χ1n) is 6.38. The molecule has 1 rings (SSSR count). The summed E-state index contributed by atoms with van der Waals surface area (Å²) in [6.07, 6.45) is 3.85. The Morgan fingerprint density at radius 2 is 2.12 bits per heavy atom. The van der Waals surface area contributed by atoms with Crippen LogP contribution in [0.4, 0.5) is 0 Å². The number of ether oxygens (including phenoxy) is 1. The van der Waals surface area contributed by atoms with E-state index < -0.39 is 0 Å². The average molecular weight is 228 g/mol. The number of carbonyl (C=O) groups excluding carboxylic acids is 1. The van der Waals surface area contributed by atoms with E-state index in [4.69, 9.17) is 4.74 Å². The minimum atomic E-state index is 0.120. The molecule has 0 aromatic heterocycles. The molecule has 0 saturated carbocycles.